The van der Waals surface area contributed by atoms with Crippen molar-refractivity contribution in [1.82, 2.24) is 4.57 Å². The summed E-state index contributed by atoms with van der Waals surface area (Å²) in [6, 6.07) is 9.01. The molecule has 2 rings (SSSR count). The predicted molar refractivity (Wildman–Crippen MR) is 88.1 cm³/mol. The lowest BCUT2D eigenvalue weighted by Crippen LogP contribution is -2.18. The molecule has 0 saturated heterocycles. The third-order valence-electron chi connectivity index (χ3n) is 3.92. The van der Waals surface area contributed by atoms with Crippen molar-refractivity contribution in [1.29, 1.82) is 0 Å². The van der Waals surface area contributed by atoms with Gasteiger partial charge in [-0.3, -0.25) is 0 Å². The van der Waals surface area contributed by atoms with E-state index in [-0.39, 0.29) is 6.04 Å². The molecule has 1 atom stereocenters. The number of nitrogens with two attached hydrogens (primary N) is 1. The Labute approximate surface area is 123 Å². The predicted octanol–water partition coefficient (Wildman–Crippen LogP) is 4.50. The minimum absolute atomic E-state index is 0.216. The van der Waals surface area contributed by atoms with Gasteiger partial charge >= 0.3 is 0 Å². The van der Waals surface area contributed by atoms with Gasteiger partial charge in [-0.2, -0.15) is 0 Å². The molecule has 1 unspecified atom stereocenters. The molecule has 0 saturated carbocycles. The highest BCUT2D eigenvalue weighted by atomic mass is 15.0. The quantitative estimate of drug-likeness (QED) is 0.705. The molecular formula is C18H28N2. The average Bonchev–Trinajstić information content (AvgIpc) is 2.82. The molecule has 0 radical (unpaired) electrons. The first-order valence-electron chi connectivity index (χ1n) is 8.04. The Hall–Kier alpha value is -1.28. The highest BCUT2D eigenvalue weighted by Crippen LogP contribution is 2.22. The Bertz CT molecular complexity index is 525. The van der Waals surface area contributed by atoms with Crippen molar-refractivity contribution in [2.45, 2.75) is 65.0 Å². The van der Waals surface area contributed by atoms with Crippen LogP contribution in [0, 0.1) is 0 Å². The van der Waals surface area contributed by atoms with Crippen LogP contribution in [0.1, 0.15) is 51.5 Å². The van der Waals surface area contributed by atoms with Gasteiger partial charge in [0.25, 0.3) is 0 Å². The number of nitrogens with zero attached hydrogens (tertiary/aromatic N) is 1. The van der Waals surface area contributed by atoms with Gasteiger partial charge in [0.2, 0.25) is 0 Å². The van der Waals surface area contributed by atoms with E-state index >= 15 is 0 Å². The topological polar surface area (TPSA) is 30.9 Å². The first-order valence-corrected chi connectivity index (χ1v) is 8.04. The third-order valence-corrected chi connectivity index (χ3v) is 3.92. The van der Waals surface area contributed by atoms with Crippen LogP contribution < -0.4 is 5.73 Å². The number of benzene rings is 1. The summed E-state index contributed by atoms with van der Waals surface area (Å²) in [5, 5.41) is 1.34. The van der Waals surface area contributed by atoms with E-state index in [0.29, 0.717) is 0 Å². The molecule has 0 amide bonds. The molecule has 0 aliphatic heterocycles. The first-order chi connectivity index (χ1) is 9.72. The zero-order chi connectivity index (χ0) is 14.4. The largest absolute Gasteiger partial charge is 0.347 e. The summed E-state index contributed by atoms with van der Waals surface area (Å²) < 4.78 is 2.42. The highest BCUT2D eigenvalue weighted by Gasteiger charge is 2.08. The molecular weight excluding hydrogens is 244 g/mol. The minimum atomic E-state index is 0.216. The van der Waals surface area contributed by atoms with Crippen LogP contribution in [0.3, 0.4) is 0 Å². The Balaban J connectivity index is 2.08. The van der Waals surface area contributed by atoms with E-state index in [1.165, 1.54) is 48.6 Å². The maximum atomic E-state index is 5.98. The summed E-state index contributed by atoms with van der Waals surface area (Å²) >= 11 is 0. The van der Waals surface area contributed by atoms with Gasteiger partial charge in [0.15, 0.2) is 0 Å². The molecule has 0 aliphatic carbocycles. The second-order valence-electron chi connectivity index (χ2n) is 5.96. The normalized spacial score (nSPS) is 12.9. The van der Waals surface area contributed by atoms with Crippen molar-refractivity contribution in [3.8, 4) is 0 Å². The smallest absolute Gasteiger partial charge is 0.0513 e. The van der Waals surface area contributed by atoms with E-state index in [9.17, 15) is 0 Å². The maximum absolute atomic E-state index is 5.98. The van der Waals surface area contributed by atoms with Crippen LogP contribution in [0.4, 0.5) is 0 Å². The summed E-state index contributed by atoms with van der Waals surface area (Å²) in [7, 11) is 0. The van der Waals surface area contributed by atoms with Crippen LogP contribution in [-0.2, 0) is 13.0 Å². The standard InChI is InChI=1S/C18H28N2/c1-3-4-5-6-7-12-20-13-11-16-9-8-10-17(18(16)20)14-15(2)19/h8-11,13,15H,3-7,12,14,19H2,1-2H3. The van der Waals surface area contributed by atoms with Crippen LogP contribution in [0.25, 0.3) is 10.9 Å². The first kappa shape index (κ1) is 15.1. The lowest BCUT2D eigenvalue weighted by Gasteiger charge is -2.11. The van der Waals surface area contributed by atoms with E-state index in [1.54, 1.807) is 0 Å². The highest BCUT2D eigenvalue weighted by molar-refractivity contribution is 5.83. The summed E-state index contributed by atoms with van der Waals surface area (Å²) in [4.78, 5) is 0. The summed E-state index contributed by atoms with van der Waals surface area (Å²) in [6.45, 7) is 5.47. The van der Waals surface area contributed by atoms with Crippen LogP contribution in [-0.4, -0.2) is 10.6 Å². The lowest BCUT2D eigenvalue weighted by atomic mass is 10.0. The van der Waals surface area contributed by atoms with E-state index < -0.39 is 0 Å². The molecule has 2 aromatic rings. The van der Waals surface area contributed by atoms with E-state index in [4.69, 9.17) is 5.73 Å². The number of fused-ring (bicyclic) bond motifs is 1. The van der Waals surface area contributed by atoms with Gasteiger partial charge < -0.3 is 10.3 Å². The fourth-order valence-electron chi connectivity index (χ4n) is 2.92. The Morgan fingerprint density at radius 2 is 1.90 bits per heavy atom. The van der Waals surface area contributed by atoms with Gasteiger partial charge in [-0.25, -0.2) is 0 Å². The fourth-order valence-corrected chi connectivity index (χ4v) is 2.92. The van der Waals surface area contributed by atoms with Crippen LogP contribution in [0.5, 0.6) is 0 Å². The van der Waals surface area contributed by atoms with Gasteiger partial charge in [-0.15, -0.1) is 0 Å². The van der Waals surface area contributed by atoms with Crippen molar-refractivity contribution in [2.75, 3.05) is 0 Å². The monoisotopic (exact) mass is 272 g/mol. The SMILES string of the molecule is CCCCCCCn1ccc2cccc(CC(C)N)c21. The number of aryl methyl sites for hydroxylation is 1. The summed E-state index contributed by atoms with van der Waals surface area (Å²) in [5.74, 6) is 0. The zero-order valence-corrected chi connectivity index (χ0v) is 12.9. The molecule has 0 fully saturated rings. The van der Waals surface area contributed by atoms with E-state index in [1.807, 2.05) is 0 Å². The molecule has 110 valence electrons. The molecule has 2 N–H and O–H groups in total. The van der Waals surface area contributed by atoms with E-state index in [0.717, 1.165) is 13.0 Å². The molecule has 20 heavy (non-hydrogen) atoms. The number of unbranched alkanes of at least 4 members (excludes halogenated alkanes) is 4. The zero-order valence-electron chi connectivity index (χ0n) is 12.9. The Kier molecular flexibility index (Phi) is 5.66. The number of para-hydroxylation sites is 1. The molecule has 1 aromatic heterocycles. The summed E-state index contributed by atoms with van der Waals surface area (Å²) in [5.41, 5.74) is 8.75. The van der Waals surface area contributed by atoms with Crippen LogP contribution in [0.2, 0.25) is 0 Å². The number of hydrogen-bond acceptors (Lipinski definition) is 1. The van der Waals surface area contributed by atoms with Crippen molar-refractivity contribution in [2.24, 2.45) is 5.73 Å². The average molecular weight is 272 g/mol. The number of rotatable bonds is 8. The third kappa shape index (κ3) is 3.86. The number of hydrogen-bond donors (Lipinski definition) is 1. The molecule has 0 bridgehead atoms. The minimum Gasteiger partial charge on any atom is -0.347 e. The van der Waals surface area contributed by atoms with Crippen LogP contribution in [0.15, 0.2) is 30.5 Å². The second-order valence-corrected chi connectivity index (χ2v) is 5.96. The van der Waals surface area contributed by atoms with Gasteiger partial charge in [-0.1, -0.05) is 50.8 Å². The van der Waals surface area contributed by atoms with Gasteiger partial charge in [0, 0.05) is 18.8 Å². The Morgan fingerprint density at radius 3 is 2.65 bits per heavy atom. The molecule has 2 heteroatoms. The van der Waals surface area contributed by atoms with Gasteiger partial charge in [-0.05, 0) is 36.8 Å². The molecule has 1 heterocycles. The molecule has 0 aliphatic rings. The molecule has 1 aromatic carbocycles. The van der Waals surface area contributed by atoms with Crippen molar-refractivity contribution >= 4 is 10.9 Å². The summed E-state index contributed by atoms with van der Waals surface area (Å²) in [6.07, 6.45) is 9.83. The number of aromatic nitrogens is 1. The van der Waals surface area contributed by atoms with Crippen molar-refractivity contribution in [3.63, 3.8) is 0 Å². The fraction of sp³-hybridized carbons (Fsp3) is 0.556. The maximum Gasteiger partial charge on any atom is 0.0513 e. The van der Waals surface area contributed by atoms with Crippen molar-refractivity contribution < 1.29 is 0 Å². The van der Waals surface area contributed by atoms with Crippen LogP contribution >= 0.6 is 0 Å². The second kappa shape index (κ2) is 7.49. The lowest BCUT2D eigenvalue weighted by molar-refractivity contribution is 0.576. The van der Waals surface area contributed by atoms with Gasteiger partial charge in [0.1, 0.15) is 0 Å². The Morgan fingerprint density at radius 1 is 1.10 bits per heavy atom. The van der Waals surface area contributed by atoms with Crippen molar-refractivity contribution in [3.05, 3.63) is 36.0 Å². The van der Waals surface area contributed by atoms with Gasteiger partial charge in [0.05, 0.1) is 5.52 Å². The molecule has 0 spiro atoms. The molecule has 2 nitrogen and oxygen atoms in total. The van der Waals surface area contributed by atoms with E-state index in [2.05, 4.69) is 48.9 Å².